The molecule has 0 bridgehead atoms. The van der Waals surface area contributed by atoms with E-state index in [1.54, 1.807) is 19.2 Å². The van der Waals surface area contributed by atoms with Crippen molar-refractivity contribution in [2.24, 2.45) is 0 Å². The Morgan fingerprint density at radius 3 is 2.33 bits per heavy atom. The first-order valence-corrected chi connectivity index (χ1v) is 9.38. The lowest BCUT2D eigenvalue weighted by atomic mass is 10.1. The van der Waals surface area contributed by atoms with Gasteiger partial charge in [0.2, 0.25) is 0 Å². The summed E-state index contributed by atoms with van der Waals surface area (Å²) < 4.78 is 25.3. The van der Waals surface area contributed by atoms with Crippen molar-refractivity contribution in [3.8, 4) is 11.5 Å². The van der Waals surface area contributed by atoms with Crippen molar-refractivity contribution in [2.45, 2.75) is 20.1 Å². The maximum absolute atomic E-state index is 13.0. The summed E-state index contributed by atoms with van der Waals surface area (Å²) in [5.74, 6) is 1.08. The molecule has 0 aliphatic heterocycles. The Bertz CT molecular complexity index is 895. The summed E-state index contributed by atoms with van der Waals surface area (Å²) in [6, 6.07) is 18.4. The fraction of sp³-hybridized carbons (Fsp3) is 0.182. The number of anilines is 1. The van der Waals surface area contributed by atoms with Gasteiger partial charge in [-0.1, -0.05) is 29.8 Å². The summed E-state index contributed by atoms with van der Waals surface area (Å²) in [6.45, 7) is 3.10. The van der Waals surface area contributed by atoms with Gasteiger partial charge in [-0.2, -0.15) is 0 Å². The Balaban J connectivity index is 1.70. The second-order valence-electron chi connectivity index (χ2n) is 6.24. The van der Waals surface area contributed by atoms with Crippen LogP contribution in [0.1, 0.15) is 16.7 Å². The SMILES string of the molecule is COc1cc(CNc2ccc(F)cc2)cc(Br)c1OCc1ccc(C)cc1. The second kappa shape index (κ2) is 8.91. The van der Waals surface area contributed by atoms with Gasteiger partial charge in [-0.05, 0) is 70.4 Å². The number of hydrogen-bond acceptors (Lipinski definition) is 3. The Hall–Kier alpha value is -2.53. The summed E-state index contributed by atoms with van der Waals surface area (Å²) in [5, 5.41) is 3.27. The highest BCUT2D eigenvalue weighted by molar-refractivity contribution is 9.10. The predicted octanol–water partition coefficient (Wildman–Crippen LogP) is 6.10. The highest BCUT2D eigenvalue weighted by Gasteiger charge is 2.12. The third-order valence-electron chi connectivity index (χ3n) is 4.13. The van der Waals surface area contributed by atoms with Crippen LogP contribution in [0.5, 0.6) is 11.5 Å². The lowest BCUT2D eigenvalue weighted by molar-refractivity contribution is 0.282. The zero-order valence-electron chi connectivity index (χ0n) is 15.3. The Morgan fingerprint density at radius 2 is 1.67 bits per heavy atom. The van der Waals surface area contributed by atoms with Crippen LogP contribution in [-0.2, 0) is 13.2 Å². The normalized spacial score (nSPS) is 10.5. The summed E-state index contributed by atoms with van der Waals surface area (Å²) >= 11 is 3.58. The third-order valence-corrected chi connectivity index (χ3v) is 4.72. The van der Waals surface area contributed by atoms with E-state index in [-0.39, 0.29) is 5.82 Å². The molecule has 0 spiro atoms. The molecule has 0 aromatic heterocycles. The van der Waals surface area contributed by atoms with Crippen molar-refractivity contribution >= 4 is 21.6 Å². The van der Waals surface area contributed by atoms with Gasteiger partial charge in [-0.3, -0.25) is 0 Å². The molecule has 0 radical (unpaired) electrons. The standard InChI is InChI=1S/C22H21BrFNO2/c1-15-3-5-16(6-4-15)14-27-22-20(23)11-17(12-21(22)26-2)13-25-19-9-7-18(24)8-10-19/h3-12,25H,13-14H2,1-2H3. The lowest BCUT2D eigenvalue weighted by Crippen LogP contribution is -2.03. The molecule has 0 saturated carbocycles. The first kappa shape index (κ1) is 19.2. The summed E-state index contributed by atoms with van der Waals surface area (Å²) in [4.78, 5) is 0. The number of benzene rings is 3. The van der Waals surface area contributed by atoms with E-state index in [1.165, 1.54) is 17.7 Å². The molecule has 3 aromatic carbocycles. The van der Waals surface area contributed by atoms with Gasteiger partial charge in [0.25, 0.3) is 0 Å². The minimum Gasteiger partial charge on any atom is -0.493 e. The molecule has 0 heterocycles. The fourth-order valence-corrected chi connectivity index (χ4v) is 3.23. The molecule has 0 aliphatic carbocycles. The molecule has 0 fully saturated rings. The molecule has 27 heavy (non-hydrogen) atoms. The molecule has 3 nitrogen and oxygen atoms in total. The average molecular weight is 430 g/mol. The fourth-order valence-electron chi connectivity index (χ4n) is 2.63. The number of hydrogen-bond donors (Lipinski definition) is 1. The number of methoxy groups -OCH3 is 1. The topological polar surface area (TPSA) is 30.5 Å². The minimum absolute atomic E-state index is 0.250. The molecule has 3 rings (SSSR count). The molecular weight excluding hydrogens is 409 g/mol. The van der Waals surface area contributed by atoms with E-state index in [9.17, 15) is 4.39 Å². The van der Waals surface area contributed by atoms with Crippen LogP contribution in [0.15, 0.2) is 65.1 Å². The summed E-state index contributed by atoms with van der Waals surface area (Å²) in [7, 11) is 1.62. The van der Waals surface area contributed by atoms with Crippen LogP contribution in [-0.4, -0.2) is 7.11 Å². The molecule has 0 aliphatic rings. The van der Waals surface area contributed by atoms with E-state index in [4.69, 9.17) is 9.47 Å². The van der Waals surface area contributed by atoms with E-state index in [0.717, 1.165) is 21.3 Å². The molecule has 0 atom stereocenters. The molecular formula is C22H21BrFNO2. The lowest BCUT2D eigenvalue weighted by Gasteiger charge is -2.15. The van der Waals surface area contributed by atoms with Crippen molar-refractivity contribution in [2.75, 3.05) is 12.4 Å². The first-order chi connectivity index (χ1) is 13.0. The van der Waals surface area contributed by atoms with Crippen LogP contribution >= 0.6 is 15.9 Å². The van der Waals surface area contributed by atoms with Crippen LogP contribution < -0.4 is 14.8 Å². The van der Waals surface area contributed by atoms with Crippen molar-refractivity contribution in [1.29, 1.82) is 0 Å². The predicted molar refractivity (Wildman–Crippen MR) is 110 cm³/mol. The van der Waals surface area contributed by atoms with Gasteiger partial charge in [0.05, 0.1) is 11.6 Å². The first-order valence-electron chi connectivity index (χ1n) is 8.59. The monoisotopic (exact) mass is 429 g/mol. The smallest absolute Gasteiger partial charge is 0.175 e. The van der Waals surface area contributed by atoms with Gasteiger partial charge in [-0.15, -0.1) is 0 Å². The molecule has 140 valence electrons. The quantitative estimate of drug-likeness (QED) is 0.492. The molecule has 5 heteroatoms. The minimum atomic E-state index is -0.250. The summed E-state index contributed by atoms with van der Waals surface area (Å²) in [6.07, 6.45) is 0. The van der Waals surface area contributed by atoms with Crippen LogP contribution in [0.3, 0.4) is 0 Å². The largest absolute Gasteiger partial charge is 0.493 e. The number of ether oxygens (including phenoxy) is 2. The van der Waals surface area contributed by atoms with E-state index >= 15 is 0 Å². The highest BCUT2D eigenvalue weighted by atomic mass is 79.9. The van der Waals surface area contributed by atoms with Gasteiger partial charge in [-0.25, -0.2) is 4.39 Å². The van der Waals surface area contributed by atoms with Crippen LogP contribution in [0.2, 0.25) is 0 Å². The number of halogens is 2. The maximum Gasteiger partial charge on any atom is 0.175 e. The van der Waals surface area contributed by atoms with Crippen molar-refractivity contribution < 1.29 is 13.9 Å². The van der Waals surface area contributed by atoms with Crippen LogP contribution in [0.4, 0.5) is 10.1 Å². The molecule has 0 unspecified atom stereocenters. The summed E-state index contributed by atoms with van der Waals surface area (Å²) in [5.41, 5.74) is 4.18. The zero-order valence-corrected chi connectivity index (χ0v) is 16.8. The van der Waals surface area contributed by atoms with Crippen LogP contribution in [0, 0.1) is 12.7 Å². The van der Waals surface area contributed by atoms with Gasteiger partial charge >= 0.3 is 0 Å². The van der Waals surface area contributed by atoms with Gasteiger partial charge in [0.15, 0.2) is 11.5 Å². The van der Waals surface area contributed by atoms with Crippen molar-refractivity contribution in [3.05, 3.63) is 87.6 Å². The van der Waals surface area contributed by atoms with Gasteiger partial charge in [0, 0.05) is 12.2 Å². The Morgan fingerprint density at radius 1 is 0.963 bits per heavy atom. The molecule has 0 saturated heterocycles. The van der Waals surface area contributed by atoms with Gasteiger partial charge in [0.1, 0.15) is 12.4 Å². The molecule has 3 aromatic rings. The van der Waals surface area contributed by atoms with E-state index in [1.807, 2.05) is 12.1 Å². The van der Waals surface area contributed by atoms with E-state index < -0.39 is 0 Å². The van der Waals surface area contributed by atoms with Gasteiger partial charge < -0.3 is 14.8 Å². The van der Waals surface area contributed by atoms with Crippen molar-refractivity contribution in [1.82, 2.24) is 0 Å². The zero-order chi connectivity index (χ0) is 19.2. The van der Waals surface area contributed by atoms with Crippen LogP contribution in [0.25, 0.3) is 0 Å². The molecule has 1 N–H and O–H groups in total. The maximum atomic E-state index is 13.0. The average Bonchev–Trinajstić information content (AvgIpc) is 2.67. The molecule has 0 amide bonds. The Labute approximate surface area is 167 Å². The number of rotatable bonds is 7. The van der Waals surface area contributed by atoms with E-state index in [2.05, 4.69) is 52.4 Å². The third kappa shape index (κ3) is 5.23. The highest BCUT2D eigenvalue weighted by Crippen LogP contribution is 2.37. The van der Waals surface area contributed by atoms with Crippen molar-refractivity contribution in [3.63, 3.8) is 0 Å². The Kier molecular flexibility index (Phi) is 6.35. The second-order valence-corrected chi connectivity index (χ2v) is 7.10. The number of aryl methyl sites for hydroxylation is 1. The van der Waals surface area contributed by atoms with E-state index in [0.29, 0.717) is 24.7 Å². The number of nitrogens with one attached hydrogen (secondary N) is 1.